The number of fused-ring (bicyclic) bond motifs is 1. The molecule has 3 fully saturated rings. The third kappa shape index (κ3) is 7.28. The molecular formula is C35H45BrN9O3P. The standard InChI is InChI=1S/C35H45BrN9O3P/c1-5-23-18-29(31(47-2)19-30(23)45-12-8-24(9-13-45)43-14-16-44(17-15-43)25-21-48-22-25)41-35-39-20-26(36)34(42-35)40-28-7-6-27-32(38-11-10-37-27)33(28)49(3,4)46/h6-7,10-11,18-20,24-25H,5,8-9,12-17,21-22H2,1-4H3,(H2,39,40,41,42). The van der Waals surface area contributed by atoms with E-state index < -0.39 is 7.14 Å². The van der Waals surface area contributed by atoms with Gasteiger partial charge in [-0.2, -0.15) is 4.98 Å². The van der Waals surface area contributed by atoms with Gasteiger partial charge in [0.1, 0.15) is 24.2 Å². The number of halogens is 1. The fourth-order valence-electron chi connectivity index (χ4n) is 7.26. The number of nitrogens with one attached hydrogen (secondary N) is 2. The van der Waals surface area contributed by atoms with E-state index in [9.17, 15) is 4.57 Å². The molecule has 12 nitrogen and oxygen atoms in total. The summed E-state index contributed by atoms with van der Waals surface area (Å²) < 4.78 is 25.4. The fourth-order valence-corrected chi connectivity index (χ4v) is 8.95. The highest BCUT2D eigenvalue weighted by molar-refractivity contribution is 9.10. The molecule has 49 heavy (non-hydrogen) atoms. The molecule has 5 heterocycles. The summed E-state index contributed by atoms with van der Waals surface area (Å²) in [5.74, 6) is 1.67. The zero-order valence-corrected chi connectivity index (χ0v) is 31.1. The first-order valence-corrected chi connectivity index (χ1v) is 20.5. The second-order valence-electron chi connectivity index (χ2n) is 13.4. The smallest absolute Gasteiger partial charge is 0.229 e. The van der Waals surface area contributed by atoms with Crippen molar-refractivity contribution >= 4 is 68.2 Å². The molecule has 3 saturated heterocycles. The molecule has 0 spiro atoms. The lowest BCUT2D eigenvalue weighted by Crippen LogP contribution is -2.59. The van der Waals surface area contributed by atoms with E-state index in [-0.39, 0.29) is 0 Å². The molecule has 2 N–H and O–H groups in total. The zero-order chi connectivity index (χ0) is 34.1. The van der Waals surface area contributed by atoms with Crippen LogP contribution >= 0.6 is 23.1 Å². The highest BCUT2D eigenvalue weighted by atomic mass is 79.9. The Hall–Kier alpha value is -3.35. The summed E-state index contributed by atoms with van der Waals surface area (Å²) >= 11 is 3.59. The Morgan fingerprint density at radius 1 is 0.939 bits per heavy atom. The number of piperidine rings is 1. The largest absolute Gasteiger partial charge is 0.494 e. The van der Waals surface area contributed by atoms with Crippen LogP contribution in [0.25, 0.3) is 11.0 Å². The quantitative estimate of drug-likeness (QED) is 0.200. The highest BCUT2D eigenvalue weighted by Crippen LogP contribution is 2.42. The summed E-state index contributed by atoms with van der Waals surface area (Å²) in [5, 5.41) is 7.42. The number of benzene rings is 2. The van der Waals surface area contributed by atoms with Crippen molar-refractivity contribution in [3.63, 3.8) is 0 Å². The molecule has 0 amide bonds. The van der Waals surface area contributed by atoms with Crippen LogP contribution in [0.3, 0.4) is 0 Å². The number of hydrogen-bond donors (Lipinski definition) is 2. The topological polar surface area (TPSA) is 121 Å². The molecule has 2 aromatic heterocycles. The van der Waals surface area contributed by atoms with Crippen molar-refractivity contribution in [3.8, 4) is 5.75 Å². The maximum absolute atomic E-state index is 13.4. The minimum atomic E-state index is -2.74. The van der Waals surface area contributed by atoms with Gasteiger partial charge in [0.25, 0.3) is 0 Å². The molecule has 0 unspecified atom stereocenters. The molecule has 0 atom stereocenters. The SMILES string of the molecule is CCc1cc(Nc2ncc(Br)c(Nc3ccc4nccnc4c3P(C)(C)=O)n2)c(OC)cc1N1CCC(N2CCN(C3COC3)CC2)CC1. The molecule has 0 bridgehead atoms. The van der Waals surface area contributed by atoms with Gasteiger partial charge in [0.2, 0.25) is 5.95 Å². The third-order valence-electron chi connectivity index (χ3n) is 9.98. The van der Waals surface area contributed by atoms with Gasteiger partial charge in [0, 0.05) is 75.7 Å². The lowest BCUT2D eigenvalue weighted by molar-refractivity contribution is -0.0803. The zero-order valence-electron chi connectivity index (χ0n) is 28.7. The second kappa shape index (κ2) is 14.5. The minimum absolute atomic E-state index is 0.405. The third-order valence-corrected chi connectivity index (χ3v) is 12.1. The number of ether oxygens (including phenoxy) is 2. The highest BCUT2D eigenvalue weighted by Gasteiger charge is 2.33. The Bertz CT molecular complexity index is 1850. The Balaban J connectivity index is 1.06. The molecule has 2 aromatic carbocycles. The Labute approximate surface area is 296 Å². The van der Waals surface area contributed by atoms with Gasteiger partial charge in [-0.15, -0.1) is 0 Å². The maximum atomic E-state index is 13.4. The monoisotopic (exact) mass is 749 g/mol. The Morgan fingerprint density at radius 2 is 1.65 bits per heavy atom. The average Bonchev–Trinajstić information content (AvgIpc) is 3.08. The number of hydrogen-bond acceptors (Lipinski definition) is 12. The normalized spacial score (nSPS) is 18.4. The first kappa shape index (κ1) is 34.1. The van der Waals surface area contributed by atoms with Crippen molar-refractivity contribution < 1.29 is 14.0 Å². The van der Waals surface area contributed by atoms with Crippen molar-refractivity contribution in [2.24, 2.45) is 0 Å². The number of aryl methyl sites for hydroxylation is 1. The molecule has 14 heteroatoms. The van der Waals surface area contributed by atoms with E-state index in [1.807, 2.05) is 12.1 Å². The Kier molecular flexibility index (Phi) is 10.1. The number of aromatic nitrogens is 4. The number of anilines is 5. The van der Waals surface area contributed by atoms with Crippen molar-refractivity contribution in [2.75, 3.05) is 88.5 Å². The number of nitrogens with zero attached hydrogens (tertiary/aromatic N) is 7. The summed E-state index contributed by atoms with van der Waals surface area (Å²) in [7, 11) is -1.04. The van der Waals surface area contributed by atoms with Gasteiger partial charge in [0.05, 0.1) is 53.0 Å². The molecule has 260 valence electrons. The first-order valence-electron chi connectivity index (χ1n) is 17.1. The van der Waals surface area contributed by atoms with E-state index in [0.29, 0.717) is 50.3 Å². The average molecular weight is 751 g/mol. The second-order valence-corrected chi connectivity index (χ2v) is 17.4. The first-order chi connectivity index (χ1) is 23.7. The molecule has 0 radical (unpaired) electrons. The summed E-state index contributed by atoms with van der Waals surface area (Å²) in [6.07, 6.45) is 8.17. The van der Waals surface area contributed by atoms with E-state index in [4.69, 9.17) is 14.5 Å². The number of methoxy groups -OCH3 is 1. The van der Waals surface area contributed by atoms with Gasteiger partial charge >= 0.3 is 0 Å². The van der Waals surface area contributed by atoms with Crippen LogP contribution < -0.4 is 25.6 Å². The summed E-state index contributed by atoms with van der Waals surface area (Å²) in [6, 6.07) is 9.33. The van der Waals surface area contributed by atoms with Crippen LogP contribution in [-0.4, -0.2) is 115 Å². The van der Waals surface area contributed by atoms with Crippen LogP contribution in [0.1, 0.15) is 25.3 Å². The number of rotatable bonds is 10. The van der Waals surface area contributed by atoms with Gasteiger partial charge < -0.3 is 29.6 Å². The van der Waals surface area contributed by atoms with Gasteiger partial charge in [-0.05, 0) is 72.3 Å². The summed E-state index contributed by atoms with van der Waals surface area (Å²) in [4.78, 5) is 26.1. The van der Waals surface area contributed by atoms with Crippen molar-refractivity contribution in [3.05, 3.63) is 52.9 Å². The van der Waals surface area contributed by atoms with Gasteiger partial charge in [-0.1, -0.05) is 6.92 Å². The lowest BCUT2D eigenvalue weighted by atomic mass is 9.99. The predicted molar refractivity (Wildman–Crippen MR) is 200 cm³/mol. The van der Waals surface area contributed by atoms with Crippen LogP contribution in [0.15, 0.2) is 47.3 Å². The molecule has 0 saturated carbocycles. The predicted octanol–water partition coefficient (Wildman–Crippen LogP) is 5.47. The molecule has 0 aliphatic carbocycles. The van der Waals surface area contributed by atoms with Crippen LogP contribution in [0, 0.1) is 0 Å². The van der Waals surface area contributed by atoms with Crippen molar-refractivity contribution in [1.29, 1.82) is 0 Å². The van der Waals surface area contributed by atoms with Crippen molar-refractivity contribution in [1.82, 2.24) is 29.7 Å². The molecule has 4 aromatic rings. The summed E-state index contributed by atoms with van der Waals surface area (Å²) in [5.41, 5.74) is 5.25. The van der Waals surface area contributed by atoms with Gasteiger partial charge in [-0.3, -0.25) is 19.8 Å². The van der Waals surface area contributed by atoms with E-state index >= 15 is 0 Å². The maximum Gasteiger partial charge on any atom is 0.229 e. The van der Waals surface area contributed by atoms with E-state index in [0.717, 1.165) is 83.2 Å². The lowest BCUT2D eigenvalue weighted by Gasteiger charge is -2.46. The van der Waals surface area contributed by atoms with E-state index in [1.165, 1.54) is 11.3 Å². The molecule has 7 rings (SSSR count). The van der Waals surface area contributed by atoms with Gasteiger partial charge in [0.15, 0.2) is 0 Å². The van der Waals surface area contributed by atoms with Crippen LogP contribution in [0.4, 0.5) is 28.8 Å². The van der Waals surface area contributed by atoms with E-state index in [1.54, 1.807) is 39.0 Å². The van der Waals surface area contributed by atoms with E-state index in [2.05, 4.69) is 75.3 Å². The van der Waals surface area contributed by atoms with Gasteiger partial charge in [-0.25, -0.2) is 4.98 Å². The summed E-state index contributed by atoms with van der Waals surface area (Å²) in [6.45, 7) is 14.1. The fraction of sp³-hybridized carbons (Fsp3) is 0.486. The molecular weight excluding hydrogens is 705 g/mol. The van der Waals surface area contributed by atoms with Crippen molar-refractivity contribution in [2.45, 2.75) is 38.3 Å². The van der Waals surface area contributed by atoms with Crippen LogP contribution in [0.2, 0.25) is 0 Å². The van der Waals surface area contributed by atoms with Crippen LogP contribution in [0.5, 0.6) is 5.75 Å². The van der Waals surface area contributed by atoms with Crippen LogP contribution in [-0.2, 0) is 15.7 Å². The Morgan fingerprint density at radius 3 is 2.31 bits per heavy atom. The minimum Gasteiger partial charge on any atom is -0.494 e. The number of piperazine rings is 1. The molecule has 3 aliphatic rings. The molecule has 3 aliphatic heterocycles.